The highest BCUT2D eigenvalue weighted by molar-refractivity contribution is 9.10. The van der Waals surface area contributed by atoms with Crippen molar-refractivity contribution in [3.63, 3.8) is 0 Å². The quantitative estimate of drug-likeness (QED) is 0.577. The van der Waals surface area contributed by atoms with E-state index in [4.69, 9.17) is 4.74 Å². The molecule has 2 aromatic carbocycles. The molecule has 0 aliphatic carbocycles. The zero-order valence-corrected chi connectivity index (χ0v) is 14.0. The minimum atomic E-state index is -0.152. The van der Waals surface area contributed by atoms with Gasteiger partial charge in [-0.3, -0.25) is 0 Å². The van der Waals surface area contributed by atoms with Gasteiger partial charge >= 0.3 is 0 Å². The molecule has 0 fully saturated rings. The Bertz CT molecular complexity index is 542. The number of benzene rings is 2. The fourth-order valence-electron chi connectivity index (χ4n) is 1.97. The molecule has 4 heteroatoms. The van der Waals surface area contributed by atoms with Gasteiger partial charge in [-0.25, -0.2) is 4.39 Å². The predicted octanol–water partition coefficient (Wildman–Crippen LogP) is 5.54. The lowest BCUT2D eigenvalue weighted by atomic mass is 9.98. The molecule has 0 saturated heterocycles. The van der Waals surface area contributed by atoms with Crippen LogP contribution in [0.5, 0.6) is 5.75 Å². The Morgan fingerprint density at radius 2 is 1.75 bits per heavy atom. The van der Waals surface area contributed by atoms with Crippen molar-refractivity contribution in [2.75, 3.05) is 11.9 Å². The molecule has 20 heavy (non-hydrogen) atoms. The summed E-state index contributed by atoms with van der Waals surface area (Å²) in [5.41, 5.74) is 0.740. The van der Waals surface area contributed by atoms with E-state index in [0.29, 0.717) is 6.61 Å². The van der Waals surface area contributed by atoms with Crippen LogP contribution in [0.4, 0.5) is 4.39 Å². The average molecular weight is 402 g/mol. The van der Waals surface area contributed by atoms with Crippen LogP contribution in [0.25, 0.3) is 0 Å². The lowest BCUT2D eigenvalue weighted by molar-refractivity contribution is 0.300. The summed E-state index contributed by atoms with van der Waals surface area (Å²) in [6.45, 7) is 0.562. The van der Waals surface area contributed by atoms with Crippen molar-refractivity contribution in [1.82, 2.24) is 0 Å². The van der Waals surface area contributed by atoms with Gasteiger partial charge in [-0.05, 0) is 48.2 Å². The van der Waals surface area contributed by atoms with Gasteiger partial charge in [-0.15, -0.1) is 0 Å². The summed E-state index contributed by atoms with van der Waals surface area (Å²) >= 11 is 6.84. The summed E-state index contributed by atoms with van der Waals surface area (Å²) in [4.78, 5) is 0. The molecule has 0 bridgehead atoms. The second-order valence-corrected chi connectivity index (χ2v) is 6.03. The van der Waals surface area contributed by atoms with Gasteiger partial charge in [0.2, 0.25) is 0 Å². The summed E-state index contributed by atoms with van der Waals surface area (Å²) in [6.07, 6.45) is 0.766. The van der Waals surface area contributed by atoms with Crippen molar-refractivity contribution in [1.29, 1.82) is 0 Å². The van der Waals surface area contributed by atoms with Crippen LogP contribution in [0.3, 0.4) is 0 Å². The van der Waals surface area contributed by atoms with E-state index in [1.54, 1.807) is 6.07 Å². The molecule has 0 aliphatic heterocycles. The molecular weight excluding hydrogens is 387 g/mol. The summed E-state index contributed by atoms with van der Waals surface area (Å²) < 4.78 is 20.5. The summed E-state index contributed by atoms with van der Waals surface area (Å²) in [7, 11) is 0. The van der Waals surface area contributed by atoms with Crippen LogP contribution in [0.15, 0.2) is 53.0 Å². The predicted molar refractivity (Wildman–Crippen MR) is 87.2 cm³/mol. The van der Waals surface area contributed by atoms with Crippen molar-refractivity contribution in [2.24, 2.45) is 0 Å². The third-order valence-corrected chi connectivity index (χ3v) is 4.39. The minimum absolute atomic E-state index is 0.117. The number of halogens is 3. The molecule has 106 valence electrons. The third-order valence-electron chi connectivity index (χ3n) is 3.08. The van der Waals surface area contributed by atoms with Crippen LogP contribution >= 0.6 is 31.9 Å². The topological polar surface area (TPSA) is 9.23 Å². The number of ether oxygens (including phenoxy) is 1. The maximum Gasteiger partial charge on any atom is 0.126 e. The first-order valence-corrected chi connectivity index (χ1v) is 8.31. The van der Waals surface area contributed by atoms with E-state index < -0.39 is 0 Å². The van der Waals surface area contributed by atoms with Gasteiger partial charge in [-0.1, -0.05) is 50.1 Å². The highest BCUT2D eigenvalue weighted by Gasteiger charge is 2.14. The molecule has 0 spiro atoms. The van der Waals surface area contributed by atoms with E-state index in [1.165, 1.54) is 6.07 Å². The Kier molecular flexibility index (Phi) is 6.05. The zero-order chi connectivity index (χ0) is 14.4. The van der Waals surface area contributed by atoms with Crippen LogP contribution in [0.1, 0.15) is 17.9 Å². The summed E-state index contributed by atoms with van der Waals surface area (Å²) in [6, 6.07) is 14.6. The SMILES string of the molecule is Fc1ccccc1C(CBr)CCOc1ccc(Br)cc1. The first kappa shape index (κ1) is 15.5. The van der Waals surface area contributed by atoms with Gasteiger partial charge in [0.1, 0.15) is 11.6 Å². The van der Waals surface area contributed by atoms with E-state index in [0.717, 1.165) is 27.5 Å². The molecule has 1 atom stereocenters. The molecule has 0 amide bonds. The van der Waals surface area contributed by atoms with Gasteiger partial charge in [0.05, 0.1) is 6.61 Å². The summed E-state index contributed by atoms with van der Waals surface area (Å²) in [5, 5.41) is 0.720. The molecule has 1 nitrogen and oxygen atoms in total. The molecule has 0 heterocycles. The molecule has 0 saturated carbocycles. The monoisotopic (exact) mass is 400 g/mol. The highest BCUT2D eigenvalue weighted by atomic mass is 79.9. The Morgan fingerprint density at radius 1 is 1.05 bits per heavy atom. The largest absolute Gasteiger partial charge is 0.494 e. The third kappa shape index (κ3) is 4.32. The molecule has 0 aromatic heterocycles. The number of alkyl halides is 1. The highest BCUT2D eigenvalue weighted by Crippen LogP contribution is 2.25. The van der Waals surface area contributed by atoms with Gasteiger partial charge in [-0.2, -0.15) is 0 Å². The van der Waals surface area contributed by atoms with Crippen LogP contribution < -0.4 is 4.74 Å². The van der Waals surface area contributed by atoms with E-state index in [9.17, 15) is 4.39 Å². The van der Waals surface area contributed by atoms with Gasteiger partial charge in [0.15, 0.2) is 0 Å². The fourth-order valence-corrected chi connectivity index (χ4v) is 2.91. The standard InChI is InChI=1S/C16H15Br2FO/c17-11-12(15-3-1-2-4-16(15)19)9-10-20-14-7-5-13(18)6-8-14/h1-8,12H,9-11H2. The van der Waals surface area contributed by atoms with Gasteiger partial charge < -0.3 is 4.74 Å². The first-order chi connectivity index (χ1) is 9.70. The van der Waals surface area contributed by atoms with E-state index >= 15 is 0 Å². The smallest absolute Gasteiger partial charge is 0.126 e. The number of hydrogen-bond acceptors (Lipinski definition) is 1. The van der Waals surface area contributed by atoms with Crippen molar-refractivity contribution < 1.29 is 9.13 Å². The molecule has 2 rings (SSSR count). The van der Waals surface area contributed by atoms with Crippen LogP contribution in [0, 0.1) is 5.82 Å². The Hall–Kier alpha value is -0.870. The van der Waals surface area contributed by atoms with Crippen LogP contribution in [-0.2, 0) is 0 Å². The van der Waals surface area contributed by atoms with Crippen molar-refractivity contribution >= 4 is 31.9 Å². The van der Waals surface area contributed by atoms with Crippen LogP contribution in [0.2, 0.25) is 0 Å². The molecule has 2 aromatic rings. The van der Waals surface area contributed by atoms with Crippen LogP contribution in [-0.4, -0.2) is 11.9 Å². The van der Waals surface area contributed by atoms with Crippen molar-refractivity contribution in [2.45, 2.75) is 12.3 Å². The average Bonchev–Trinajstić information content (AvgIpc) is 2.47. The minimum Gasteiger partial charge on any atom is -0.494 e. The first-order valence-electron chi connectivity index (χ1n) is 6.39. The lowest BCUT2D eigenvalue weighted by Crippen LogP contribution is -2.08. The normalized spacial score (nSPS) is 12.2. The zero-order valence-electron chi connectivity index (χ0n) is 10.9. The molecule has 0 aliphatic rings. The molecular formula is C16H15Br2FO. The van der Waals surface area contributed by atoms with E-state index in [-0.39, 0.29) is 11.7 Å². The van der Waals surface area contributed by atoms with Gasteiger partial charge in [0, 0.05) is 9.80 Å². The lowest BCUT2D eigenvalue weighted by Gasteiger charge is -2.15. The van der Waals surface area contributed by atoms with Gasteiger partial charge in [0.25, 0.3) is 0 Å². The Balaban J connectivity index is 1.91. The number of rotatable bonds is 6. The molecule has 0 radical (unpaired) electrons. The van der Waals surface area contributed by atoms with E-state index in [1.807, 2.05) is 36.4 Å². The summed E-state index contributed by atoms with van der Waals surface area (Å²) in [5.74, 6) is 0.794. The Morgan fingerprint density at radius 3 is 2.40 bits per heavy atom. The fraction of sp³-hybridized carbons (Fsp3) is 0.250. The maximum atomic E-state index is 13.8. The second kappa shape index (κ2) is 7.79. The molecule has 1 unspecified atom stereocenters. The number of hydrogen-bond donors (Lipinski definition) is 0. The maximum absolute atomic E-state index is 13.8. The molecule has 0 N–H and O–H groups in total. The second-order valence-electron chi connectivity index (χ2n) is 4.46. The van der Waals surface area contributed by atoms with E-state index in [2.05, 4.69) is 31.9 Å². The Labute approximate surface area is 135 Å². The van der Waals surface area contributed by atoms with Crippen molar-refractivity contribution in [3.8, 4) is 5.75 Å². The van der Waals surface area contributed by atoms with Crippen molar-refractivity contribution in [3.05, 3.63) is 64.4 Å².